The van der Waals surface area contributed by atoms with Gasteiger partial charge in [-0.15, -0.1) is 0 Å². The van der Waals surface area contributed by atoms with Gasteiger partial charge >= 0.3 is 0 Å². The van der Waals surface area contributed by atoms with Gasteiger partial charge in [0.1, 0.15) is 0 Å². The molecule has 1 saturated carbocycles. The Hall–Kier alpha value is -1.80. The molecule has 2 aromatic rings. The van der Waals surface area contributed by atoms with Gasteiger partial charge in [0, 0.05) is 17.2 Å². The minimum atomic E-state index is 0.116. The Morgan fingerprint density at radius 2 is 1.57 bits per heavy atom. The molecule has 23 heavy (non-hydrogen) atoms. The van der Waals surface area contributed by atoms with Crippen LogP contribution in [0.25, 0.3) is 6.08 Å². The van der Waals surface area contributed by atoms with Crippen molar-refractivity contribution in [2.24, 2.45) is 0 Å². The number of rotatable bonds is 5. The minimum Gasteiger partial charge on any atom is -0.282 e. The van der Waals surface area contributed by atoms with Gasteiger partial charge in [0.2, 0.25) is 5.12 Å². The van der Waals surface area contributed by atoms with Crippen LogP contribution in [-0.2, 0) is 5.75 Å². The monoisotopic (exact) mass is 317 g/mol. The summed E-state index contributed by atoms with van der Waals surface area (Å²) in [4.78, 5) is 12.1. The molecule has 1 nitrogen and oxygen atoms in total. The highest BCUT2D eigenvalue weighted by molar-refractivity contribution is 8.13. The van der Waals surface area contributed by atoms with E-state index in [4.69, 9.17) is 0 Å². The Labute approximate surface area is 142 Å². The number of allylic oxidation sites excluding steroid dienone is 1. The third kappa shape index (κ3) is 4.84. The molecule has 0 amide bonds. The zero-order valence-corrected chi connectivity index (χ0v) is 13.5. The summed E-state index contributed by atoms with van der Waals surface area (Å²) in [6, 6.07) is 17.7. The first-order chi connectivity index (χ1) is 11.3. The molecule has 1 fully saturated rings. The van der Waals surface area contributed by atoms with Gasteiger partial charge in [-0.1, -0.05) is 78.5 Å². The molecule has 0 aliphatic heterocycles. The smallest absolute Gasteiger partial charge is 0.219 e. The molecule has 3 rings (SSSR count). The summed E-state index contributed by atoms with van der Waals surface area (Å²) in [6.45, 7) is 0. The van der Waals surface area contributed by atoms with E-state index in [9.17, 15) is 4.79 Å². The lowest BCUT2D eigenvalue weighted by atomic mass is 10.1. The van der Waals surface area contributed by atoms with Gasteiger partial charge in [0.15, 0.2) is 0 Å². The van der Waals surface area contributed by atoms with Crippen LogP contribution in [0.1, 0.15) is 21.5 Å². The van der Waals surface area contributed by atoms with Crippen LogP contribution < -0.4 is 0 Å². The number of hydrogen-bond acceptors (Lipinski definition) is 2. The summed E-state index contributed by atoms with van der Waals surface area (Å²) < 4.78 is 0. The Kier molecular flexibility index (Phi) is 5.71. The predicted molar refractivity (Wildman–Crippen MR) is 98.0 cm³/mol. The van der Waals surface area contributed by atoms with Gasteiger partial charge in [-0.3, -0.25) is 4.79 Å². The van der Waals surface area contributed by atoms with Gasteiger partial charge in [0.25, 0.3) is 0 Å². The van der Waals surface area contributed by atoms with Crippen molar-refractivity contribution in [1.29, 1.82) is 0 Å². The first kappa shape index (κ1) is 16.1. The molecule has 0 unspecified atom stereocenters. The molecule has 0 spiro atoms. The standard InChI is InChI=1S/C21H17OS/c22-21(20-8-2-1-3-9-20)23-16-19-14-12-18(13-15-19)11-10-17-6-4-5-7-17/h1-15H,16H2/b11-10+. The zero-order chi connectivity index (χ0) is 15.9. The van der Waals surface area contributed by atoms with E-state index in [2.05, 4.69) is 49.3 Å². The topological polar surface area (TPSA) is 17.1 Å². The maximum atomic E-state index is 12.1. The van der Waals surface area contributed by atoms with Crippen LogP contribution in [0.3, 0.4) is 0 Å². The summed E-state index contributed by atoms with van der Waals surface area (Å²) in [6.07, 6.45) is 12.4. The third-order valence-corrected chi connectivity index (χ3v) is 4.49. The molecular weight excluding hydrogens is 300 g/mol. The van der Waals surface area contributed by atoms with Crippen LogP contribution in [-0.4, -0.2) is 5.12 Å². The molecular formula is C21H17OS. The SMILES string of the molecule is O=C(SCc1ccc(/C=C/[C]2[CH][CH][CH][CH]2)cc1)c1ccccc1. The average molecular weight is 317 g/mol. The molecule has 113 valence electrons. The fourth-order valence-corrected chi connectivity index (χ4v) is 3.02. The van der Waals surface area contributed by atoms with Gasteiger partial charge in [-0.05, 0) is 36.8 Å². The third-order valence-electron chi connectivity index (χ3n) is 3.52. The van der Waals surface area contributed by atoms with E-state index in [1.165, 1.54) is 17.7 Å². The summed E-state index contributed by atoms with van der Waals surface area (Å²) >= 11 is 1.34. The lowest BCUT2D eigenvalue weighted by molar-refractivity contribution is 0.108. The summed E-state index contributed by atoms with van der Waals surface area (Å²) in [5.74, 6) is 1.90. The van der Waals surface area contributed by atoms with Crippen molar-refractivity contribution in [2.45, 2.75) is 5.75 Å². The molecule has 2 aromatic carbocycles. The quantitative estimate of drug-likeness (QED) is 0.756. The highest BCUT2D eigenvalue weighted by atomic mass is 32.2. The lowest BCUT2D eigenvalue weighted by Crippen LogP contribution is -1.93. The maximum Gasteiger partial charge on any atom is 0.219 e. The summed E-state index contributed by atoms with van der Waals surface area (Å²) in [5, 5.41) is 0.116. The van der Waals surface area contributed by atoms with Crippen molar-refractivity contribution >= 4 is 23.0 Å². The van der Waals surface area contributed by atoms with E-state index in [1.54, 1.807) is 0 Å². The Balaban J connectivity index is 1.52. The van der Waals surface area contributed by atoms with Crippen molar-refractivity contribution in [1.82, 2.24) is 0 Å². The molecule has 0 N–H and O–H groups in total. The second-order valence-corrected chi connectivity index (χ2v) is 6.18. The second kappa shape index (κ2) is 8.16. The van der Waals surface area contributed by atoms with Gasteiger partial charge < -0.3 is 0 Å². The van der Waals surface area contributed by atoms with Crippen LogP contribution >= 0.6 is 11.8 Å². The number of hydrogen-bond donors (Lipinski definition) is 0. The lowest BCUT2D eigenvalue weighted by Gasteiger charge is -2.03. The maximum absolute atomic E-state index is 12.1. The molecule has 5 radical (unpaired) electrons. The molecule has 0 atom stereocenters. The molecule has 1 aliphatic rings. The van der Waals surface area contributed by atoms with Crippen LogP contribution in [0, 0.1) is 31.6 Å². The van der Waals surface area contributed by atoms with Crippen LogP contribution in [0.4, 0.5) is 0 Å². The van der Waals surface area contributed by atoms with Crippen LogP contribution in [0.15, 0.2) is 60.7 Å². The van der Waals surface area contributed by atoms with Crippen LogP contribution in [0.2, 0.25) is 0 Å². The van der Waals surface area contributed by atoms with Crippen LogP contribution in [0.5, 0.6) is 0 Å². The Morgan fingerprint density at radius 1 is 0.870 bits per heavy atom. The van der Waals surface area contributed by atoms with Crippen molar-refractivity contribution < 1.29 is 4.79 Å². The fraction of sp³-hybridized carbons (Fsp3) is 0.0476. The van der Waals surface area contributed by atoms with Crippen molar-refractivity contribution in [3.05, 3.63) is 109 Å². The highest BCUT2D eigenvalue weighted by Gasteiger charge is 2.13. The van der Waals surface area contributed by atoms with E-state index in [0.717, 1.165) is 16.7 Å². The van der Waals surface area contributed by atoms with Crippen molar-refractivity contribution in [3.8, 4) is 0 Å². The number of carbonyl (C=O) groups is 1. The Morgan fingerprint density at radius 3 is 2.26 bits per heavy atom. The second-order valence-electron chi connectivity index (χ2n) is 5.24. The Bertz CT molecular complexity index is 652. The average Bonchev–Trinajstić information content (AvgIpc) is 3.13. The predicted octanol–water partition coefficient (Wildman–Crippen LogP) is 5.18. The van der Waals surface area contributed by atoms with E-state index in [-0.39, 0.29) is 5.12 Å². The van der Waals surface area contributed by atoms with E-state index >= 15 is 0 Å². The molecule has 0 saturated heterocycles. The summed E-state index contributed by atoms with van der Waals surface area (Å²) in [7, 11) is 0. The molecule has 0 aromatic heterocycles. The van der Waals surface area contributed by atoms with Gasteiger partial charge in [0.05, 0.1) is 0 Å². The van der Waals surface area contributed by atoms with Crippen molar-refractivity contribution in [2.75, 3.05) is 0 Å². The zero-order valence-electron chi connectivity index (χ0n) is 12.7. The minimum absolute atomic E-state index is 0.116. The van der Waals surface area contributed by atoms with Crippen molar-refractivity contribution in [3.63, 3.8) is 0 Å². The highest BCUT2D eigenvalue weighted by Crippen LogP contribution is 2.25. The summed E-state index contributed by atoms with van der Waals surface area (Å²) in [5.41, 5.74) is 3.07. The van der Waals surface area contributed by atoms with E-state index < -0.39 is 0 Å². The molecule has 1 aliphatic carbocycles. The first-order valence-electron chi connectivity index (χ1n) is 7.52. The van der Waals surface area contributed by atoms with Gasteiger partial charge in [-0.25, -0.2) is 0 Å². The number of thioether (sulfide) groups is 1. The molecule has 0 heterocycles. The molecule has 0 bridgehead atoms. The fourth-order valence-electron chi connectivity index (χ4n) is 2.22. The normalized spacial score (nSPS) is 15.3. The van der Waals surface area contributed by atoms with E-state index in [0.29, 0.717) is 5.75 Å². The van der Waals surface area contributed by atoms with Gasteiger partial charge in [-0.2, -0.15) is 0 Å². The van der Waals surface area contributed by atoms with E-state index in [1.807, 2.05) is 43.2 Å². The molecule has 2 heteroatoms. The first-order valence-corrected chi connectivity index (χ1v) is 8.51. The largest absolute Gasteiger partial charge is 0.282 e. The number of benzene rings is 2. The number of carbonyl (C=O) groups excluding carboxylic acids is 1.